The van der Waals surface area contributed by atoms with Crippen LogP contribution in [0.3, 0.4) is 0 Å². The summed E-state index contributed by atoms with van der Waals surface area (Å²) in [6, 6.07) is 0.323. The molecular weight excluding hydrogens is 326 g/mol. The zero-order valence-corrected chi connectivity index (χ0v) is 13.4. The highest BCUT2D eigenvalue weighted by Gasteiger charge is 2.31. The van der Waals surface area contributed by atoms with Crippen LogP contribution >= 0.6 is 15.9 Å². The highest BCUT2D eigenvalue weighted by atomic mass is 79.9. The van der Waals surface area contributed by atoms with E-state index >= 15 is 0 Å². The van der Waals surface area contributed by atoms with E-state index in [-0.39, 0.29) is 12.2 Å². The van der Waals surface area contributed by atoms with Crippen molar-refractivity contribution in [2.75, 3.05) is 13.1 Å². The third-order valence-corrected chi connectivity index (χ3v) is 3.07. The predicted molar refractivity (Wildman–Crippen MR) is 76.6 cm³/mol. The number of amides is 1. The zero-order chi connectivity index (χ0) is 14.8. The van der Waals surface area contributed by atoms with Crippen molar-refractivity contribution in [1.29, 1.82) is 0 Å². The van der Waals surface area contributed by atoms with E-state index in [1.54, 1.807) is 17.3 Å². The molecule has 20 heavy (non-hydrogen) atoms. The number of halogens is 1. The number of aromatic nitrogens is 2. The van der Waals surface area contributed by atoms with Gasteiger partial charge in [-0.3, -0.25) is 0 Å². The fraction of sp³-hybridized carbons (Fsp3) is 0.615. The molecule has 0 unspecified atom stereocenters. The van der Waals surface area contributed by atoms with Crippen molar-refractivity contribution in [3.05, 3.63) is 16.9 Å². The number of hydrogen-bond acceptors (Lipinski definition) is 5. The van der Waals surface area contributed by atoms with Crippen LogP contribution in [0.4, 0.5) is 4.79 Å². The van der Waals surface area contributed by atoms with Crippen molar-refractivity contribution in [2.24, 2.45) is 0 Å². The van der Waals surface area contributed by atoms with Gasteiger partial charge in [0.15, 0.2) is 0 Å². The summed E-state index contributed by atoms with van der Waals surface area (Å²) in [6.45, 7) is 6.67. The normalized spacial score (nSPS) is 19.0. The summed E-state index contributed by atoms with van der Waals surface area (Å²) >= 11 is 3.26. The van der Waals surface area contributed by atoms with Crippen molar-refractivity contribution in [2.45, 2.75) is 38.9 Å². The molecule has 0 bridgehead atoms. The van der Waals surface area contributed by atoms with Gasteiger partial charge in [0.25, 0.3) is 0 Å². The van der Waals surface area contributed by atoms with Crippen LogP contribution in [0.1, 0.15) is 27.2 Å². The Kier molecular flexibility index (Phi) is 4.47. The lowest BCUT2D eigenvalue weighted by Gasteiger charge is -2.24. The molecule has 2 rings (SSSR count). The molecule has 0 saturated carbocycles. The van der Waals surface area contributed by atoms with Gasteiger partial charge in [0.1, 0.15) is 11.7 Å². The van der Waals surface area contributed by atoms with E-state index in [1.165, 1.54) is 0 Å². The van der Waals surface area contributed by atoms with Gasteiger partial charge < -0.3 is 14.4 Å². The predicted octanol–water partition coefficient (Wildman–Crippen LogP) is 2.63. The molecule has 6 nitrogen and oxygen atoms in total. The number of nitrogens with zero attached hydrogens (tertiary/aromatic N) is 3. The first kappa shape index (κ1) is 15.0. The second-order valence-corrected chi connectivity index (χ2v) is 6.55. The van der Waals surface area contributed by atoms with E-state index in [0.717, 1.165) is 10.9 Å². The average molecular weight is 344 g/mol. The van der Waals surface area contributed by atoms with E-state index in [9.17, 15) is 4.79 Å². The first-order valence-electron chi connectivity index (χ1n) is 6.45. The molecule has 1 aliphatic rings. The summed E-state index contributed by atoms with van der Waals surface area (Å²) in [5, 5.41) is 0. The van der Waals surface area contributed by atoms with Gasteiger partial charge in [-0.25, -0.2) is 14.8 Å². The Labute approximate surface area is 126 Å². The molecule has 2 heterocycles. The van der Waals surface area contributed by atoms with Crippen LogP contribution in [-0.4, -0.2) is 45.8 Å². The molecule has 1 aliphatic heterocycles. The molecule has 1 fully saturated rings. The maximum Gasteiger partial charge on any atom is 0.410 e. The van der Waals surface area contributed by atoms with Crippen LogP contribution in [0, 0.1) is 0 Å². The minimum absolute atomic E-state index is 0.0938. The quantitative estimate of drug-likeness (QED) is 0.825. The Morgan fingerprint density at radius 3 is 2.65 bits per heavy atom. The maximum atomic E-state index is 11.9. The van der Waals surface area contributed by atoms with Crippen LogP contribution in [0.15, 0.2) is 16.9 Å². The number of carbonyl (C=O) groups is 1. The van der Waals surface area contributed by atoms with Crippen LogP contribution < -0.4 is 4.74 Å². The monoisotopic (exact) mass is 343 g/mol. The topological polar surface area (TPSA) is 64.5 Å². The standard InChI is InChI=1S/C13H18BrN3O3/c1-13(2,3)20-12(18)17-5-4-10(8-17)19-11-15-6-9(14)7-16-11/h6-7,10H,4-5,8H2,1-3H3/t10-/m0/s1. The lowest BCUT2D eigenvalue weighted by molar-refractivity contribution is 0.0274. The average Bonchev–Trinajstić information content (AvgIpc) is 2.79. The van der Waals surface area contributed by atoms with Crippen molar-refractivity contribution in [3.8, 4) is 6.01 Å². The summed E-state index contributed by atoms with van der Waals surface area (Å²) in [6.07, 6.45) is 3.61. The number of likely N-dealkylation sites (tertiary alicyclic amines) is 1. The van der Waals surface area contributed by atoms with E-state index < -0.39 is 5.60 Å². The van der Waals surface area contributed by atoms with Crippen molar-refractivity contribution >= 4 is 22.0 Å². The molecule has 110 valence electrons. The van der Waals surface area contributed by atoms with Gasteiger partial charge in [-0.15, -0.1) is 0 Å². The van der Waals surface area contributed by atoms with Gasteiger partial charge in [0, 0.05) is 25.4 Å². The molecule has 7 heteroatoms. The van der Waals surface area contributed by atoms with Gasteiger partial charge in [-0.2, -0.15) is 0 Å². The lowest BCUT2D eigenvalue weighted by atomic mass is 10.2. The number of ether oxygens (including phenoxy) is 2. The molecule has 0 spiro atoms. The Morgan fingerprint density at radius 2 is 2.05 bits per heavy atom. The van der Waals surface area contributed by atoms with Crippen LogP contribution in [0.5, 0.6) is 6.01 Å². The number of hydrogen-bond donors (Lipinski definition) is 0. The molecular formula is C13H18BrN3O3. The molecule has 1 saturated heterocycles. The van der Waals surface area contributed by atoms with Crippen LogP contribution in [0.2, 0.25) is 0 Å². The van der Waals surface area contributed by atoms with E-state index in [2.05, 4.69) is 25.9 Å². The lowest BCUT2D eigenvalue weighted by Crippen LogP contribution is -2.36. The molecule has 1 aromatic rings. The summed E-state index contributed by atoms with van der Waals surface area (Å²) < 4.78 is 11.8. The van der Waals surface area contributed by atoms with Gasteiger partial charge in [-0.1, -0.05) is 0 Å². The third-order valence-electron chi connectivity index (χ3n) is 2.67. The van der Waals surface area contributed by atoms with Crippen LogP contribution in [-0.2, 0) is 4.74 Å². The fourth-order valence-electron chi connectivity index (χ4n) is 1.83. The smallest absolute Gasteiger partial charge is 0.410 e. The molecule has 1 amide bonds. The Morgan fingerprint density at radius 1 is 1.40 bits per heavy atom. The largest absolute Gasteiger partial charge is 0.458 e. The molecule has 1 aromatic heterocycles. The minimum Gasteiger partial charge on any atom is -0.458 e. The Balaban J connectivity index is 1.86. The molecule has 0 N–H and O–H groups in total. The van der Waals surface area contributed by atoms with Gasteiger partial charge >= 0.3 is 12.1 Å². The van der Waals surface area contributed by atoms with Crippen LogP contribution in [0.25, 0.3) is 0 Å². The first-order valence-corrected chi connectivity index (χ1v) is 7.25. The highest BCUT2D eigenvalue weighted by molar-refractivity contribution is 9.10. The van der Waals surface area contributed by atoms with E-state index in [0.29, 0.717) is 19.1 Å². The third kappa shape index (κ3) is 4.33. The summed E-state index contributed by atoms with van der Waals surface area (Å²) in [5.41, 5.74) is -0.481. The summed E-state index contributed by atoms with van der Waals surface area (Å²) in [4.78, 5) is 21.7. The second kappa shape index (κ2) is 5.95. The molecule has 1 atom stereocenters. The van der Waals surface area contributed by atoms with Crippen molar-refractivity contribution < 1.29 is 14.3 Å². The number of carbonyl (C=O) groups excluding carboxylic acids is 1. The SMILES string of the molecule is CC(C)(C)OC(=O)N1CC[C@H](Oc2ncc(Br)cn2)C1. The number of rotatable bonds is 2. The minimum atomic E-state index is -0.481. The van der Waals surface area contributed by atoms with Crippen molar-refractivity contribution in [1.82, 2.24) is 14.9 Å². The Hall–Kier alpha value is -1.37. The molecule has 0 aromatic carbocycles. The summed E-state index contributed by atoms with van der Waals surface area (Å²) in [7, 11) is 0. The molecule has 0 radical (unpaired) electrons. The molecule has 0 aliphatic carbocycles. The summed E-state index contributed by atoms with van der Waals surface area (Å²) in [5.74, 6) is 0. The first-order chi connectivity index (χ1) is 9.33. The van der Waals surface area contributed by atoms with Gasteiger partial charge in [0.2, 0.25) is 0 Å². The van der Waals surface area contributed by atoms with Gasteiger partial charge in [0.05, 0.1) is 11.0 Å². The van der Waals surface area contributed by atoms with E-state index in [4.69, 9.17) is 9.47 Å². The fourth-order valence-corrected chi connectivity index (χ4v) is 2.03. The van der Waals surface area contributed by atoms with Crippen molar-refractivity contribution in [3.63, 3.8) is 0 Å². The Bertz CT molecular complexity index is 473. The maximum absolute atomic E-state index is 11.9. The zero-order valence-electron chi connectivity index (χ0n) is 11.8. The van der Waals surface area contributed by atoms with E-state index in [1.807, 2.05) is 20.8 Å². The second-order valence-electron chi connectivity index (χ2n) is 5.64. The van der Waals surface area contributed by atoms with Gasteiger partial charge in [-0.05, 0) is 36.7 Å². The highest BCUT2D eigenvalue weighted by Crippen LogP contribution is 2.18.